The number of benzene rings is 1. The third-order valence-corrected chi connectivity index (χ3v) is 1.70. The highest BCUT2D eigenvalue weighted by atomic mass is 16.5. The van der Waals surface area contributed by atoms with Gasteiger partial charge in [0.2, 0.25) is 0 Å². The number of anilines is 1. The summed E-state index contributed by atoms with van der Waals surface area (Å²) in [5, 5.41) is 9.40. The SMILES string of the molecule is COCc1cc(N)c(O)c(OC)c1. The molecule has 4 nitrogen and oxygen atoms in total. The van der Waals surface area contributed by atoms with Crippen LogP contribution in [0.25, 0.3) is 0 Å². The average molecular weight is 183 g/mol. The Labute approximate surface area is 76.9 Å². The van der Waals surface area contributed by atoms with Crippen LogP contribution in [0.5, 0.6) is 11.5 Å². The van der Waals surface area contributed by atoms with Gasteiger partial charge in [-0.05, 0) is 17.7 Å². The van der Waals surface area contributed by atoms with Gasteiger partial charge < -0.3 is 20.3 Å². The van der Waals surface area contributed by atoms with E-state index in [0.717, 1.165) is 5.56 Å². The largest absolute Gasteiger partial charge is 0.503 e. The number of aromatic hydroxyl groups is 1. The van der Waals surface area contributed by atoms with Crippen molar-refractivity contribution in [1.82, 2.24) is 0 Å². The van der Waals surface area contributed by atoms with Crippen molar-refractivity contribution in [2.24, 2.45) is 0 Å². The molecular weight excluding hydrogens is 170 g/mol. The van der Waals surface area contributed by atoms with Gasteiger partial charge in [0.1, 0.15) is 0 Å². The van der Waals surface area contributed by atoms with Crippen molar-refractivity contribution >= 4 is 5.69 Å². The molecule has 0 saturated heterocycles. The molecule has 0 bridgehead atoms. The Bertz CT molecular complexity index is 299. The van der Waals surface area contributed by atoms with E-state index in [-0.39, 0.29) is 5.75 Å². The van der Waals surface area contributed by atoms with Crippen molar-refractivity contribution in [3.8, 4) is 11.5 Å². The summed E-state index contributed by atoms with van der Waals surface area (Å²) in [4.78, 5) is 0. The van der Waals surface area contributed by atoms with Gasteiger partial charge in [-0.15, -0.1) is 0 Å². The third-order valence-electron chi connectivity index (χ3n) is 1.70. The molecule has 0 atom stereocenters. The Kier molecular flexibility index (Phi) is 2.97. The second kappa shape index (κ2) is 4.00. The topological polar surface area (TPSA) is 64.7 Å². The Hall–Kier alpha value is -1.42. The standard InChI is InChI=1S/C9H13NO3/c1-12-5-6-3-7(10)9(11)8(4-6)13-2/h3-4,11H,5,10H2,1-2H3. The normalized spacial score (nSPS) is 10.0. The number of ether oxygens (including phenoxy) is 2. The van der Waals surface area contributed by atoms with Crippen LogP contribution in [0.3, 0.4) is 0 Å². The van der Waals surface area contributed by atoms with Gasteiger partial charge in [-0.3, -0.25) is 0 Å². The highest BCUT2D eigenvalue weighted by Gasteiger charge is 2.07. The van der Waals surface area contributed by atoms with E-state index in [2.05, 4.69) is 0 Å². The predicted octanol–water partition coefficient (Wildman–Crippen LogP) is 1.13. The maximum atomic E-state index is 9.40. The van der Waals surface area contributed by atoms with Crippen molar-refractivity contribution < 1.29 is 14.6 Å². The van der Waals surface area contributed by atoms with E-state index in [1.165, 1.54) is 7.11 Å². The van der Waals surface area contributed by atoms with Crippen LogP contribution in [0, 0.1) is 0 Å². The summed E-state index contributed by atoms with van der Waals surface area (Å²) >= 11 is 0. The van der Waals surface area contributed by atoms with Crippen LogP contribution >= 0.6 is 0 Å². The second-order valence-electron chi connectivity index (χ2n) is 2.67. The molecule has 0 unspecified atom stereocenters. The molecule has 4 heteroatoms. The molecule has 0 aliphatic rings. The molecule has 1 aromatic rings. The maximum Gasteiger partial charge on any atom is 0.181 e. The molecule has 0 aromatic heterocycles. The molecule has 0 spiro atoms. The summed E-state index contributed by atoms with van der Waals surface area (Å²) in [7, 11) is 3.07. The lowest BCUT2D eigenvalue weighted by Gasteiger charge is -2.08. The van der Waals surface area contributed by atoms with Gasteiger partial charge in [0.05, 0.1) is 19.4 Å². The zero-order chi connectivity index (χ0) is 9.84. The number of phenols is 1. The van der Waals surface area contributed by atoms with Crippen LogP contribution in [-0.4, -0.2) is 19.3 Å². The predicted molar refractivity (Wildman–Crippen MR) is 49.8 cm³/mol. The van der Waals surface area contributed by atoms with Crippen molar-refractivity contribution in [2.45, 2.75) is 6.61 Å². The van der Waals surface area contributed by atoms with Crippen LogP contribution < -0.4 is 10.5 Å². The van der Waals surface area contributed by atoms with Crippen LogP contribution in [0.2, 0.25) is 0 Å². The Morgan fingerprint density at radius 2 is 2.08 bits per heavy atom. The van der Waals surface area contributed by atoms with E-state index in [0.29, 0.717) is 18.0 Å². The number of nitrogen functional groups attached to an aromatic ring is 1. The minimum absolute atomic E-state index is 0.0256. The molecule has 72 valence electrons. The molecular formula is C9H13NO3. The fraction of sp³-hybridized carbons (Fsp3) is 0.333. The summed E-state index contributed by atoms with van der Waals surface area (Å²) in [6.45, 7) is 0.445. The van der Waals surface area contributed by atoms with Crippen molar-refractivity contribution in [3.05, 3.63) is 17.7 Å². The van der Waals surface area contributed by atoms with Gasteiger partial charge in [0.15, 0.2) is 11.5 Å². The second-order valence-corrected chi connectivity index (χ2v) is 2.67. The molecule has 13 heavy (non-hydrogen) atoms. The van der Waals surface area contributed by atoms with Gasteiger partial charge in [0.25, 0.3) is 0 Å². The zero-order valence-electron chi connectivity index (χ0n) is 7.70. The number of hydrogen-bond acceptors (Lipinski definition) is 4. The molecule has 0 fully saturated rings. The highest BCUT2D eigenvalue weighted by molar-refractivity contribution is 5.61. The molecule has 0 aliphatic carbocycles. The third kappa shape index (κ3) is 2.03. The van der Waals surface area contributed by atoms with E-state index < -0.39 is 0 Å². The van der Waals surface area contributed by atoms with Crippen LogP contribution in [-0.2, 0) is 11.3 Å². The zero-order valence-corrected chi connectivity index (χ0v) is 7.70. The van der Waals surface area contributed by atoms with Crippen molar-refractivity contribution in [1.29, 1.82) is 0 Å². The molecule has 0 aliphatic heterocycles. The van der Waals surface area contributed by atoms with Crippen LogP contribution in [0.4, 0.5) is 5.69 Å². The molecule has 3 N–H and O–H groups in total. The summed E-state index contributed by atoms with van der Waals surface area (Å²) in [6, 6.07) is 3.34. The Morgan fingerprint density at radius 1 is 1.38 bits per heavy atom. The van der Waals surface area contributed by atoms with Gasteiger partial charge in [-0.2, -0.15) is 0 Å². The summed E-state index contributed by atoms with van der Waals surface area (Å²) in [5.41, 5.74) is 6.71. The number of phenolic OH excluding ortho intramolecular Hbond substituents is 1. The monoisotopic (exact) mass is 183 g/mol. The van der Waals surface area contributed by atoms with Gasteiger partial charge >= 0.3 is 0 Å². The van der Waals surface area contributed by atoms with Gasteiger partial charge in [0, 0.05) is 7.11 Å². The number of rotatable bonds is 3. The average Bonchev–Trinajstić information content (AvgIpc) is 2.11. The van der Waals surface area contributed by atoms with Crippen LogP contribution in [0.1, 0.15) is 5.56 Å². The molecule has 1 aromatic carbocycles. The first-order valence-corrected chi connectivity index (χ1v) is 3.83. The molecule has 0 heterocycles. The van der Waals surface area contributed by atoms with Crippen molar-refractivity contribution in [3.63, 3.8) is 0 Å². The molecule has 0 radical (unpaired) electrons. The van der Waals surface area contributed by atoms with E-state index in [1.807, 2.05) is 0 Å². The lowest BCUT2D eigenvalue weighted by atomic mass is 10.2. The van der Waals surface area contributed by atoms with Crippen molar-refractivity contribution in [2.75, 3.05) is 20.0 Å². The van der Waals surface area contributed by atoms with Crippen LogP contribution in [0.15, 0.2) is 12.1 Å². The minimum Gasteiger partial charge on any atom is -0.503 e. The first-order chi connectivity index (χ1) is 6.19. The Balaban J connectivity index is 3.06. The highest BCUT2D eigenvalue weighted by Crippen LogP contribution is 2.33. The summed E-state index contributed by atoms with van der Waals surface area (Å²) < 4.78 is 9.86. The minimum atomic E-state index is -0.0256. The number of nitrogens with two attached hydrogens (primary N) is 1. The first kappa shape index (κ1) is 9.67. The fourth-order valence-electron chi connectivity index (χ4n) is 1.09. The van der Waals surface area contributed by atoms with E-state index in [4.69, 9.17) is 15.2 Å². The molecule has 1 rings (SSSR count). The lowest BCUT2D eigenvalue weighted by molar-refractivity contribution is 0.184. The maximum absolute atomic E-state index is 9.40. The Morgan fingerprint density at radius 3 is 2.62 bits per heavy atom. The summed E-state index contributed by atoms with van der Waals surface area (Å²) in [6.07, 6.45) is 0. The fourth-order valence-corrected chi connectivity index (χ4v) is 1.09. The van der Waals surface area contributed by atoms with Gasteiger partial charge in [-0.25, -0.2) is 0 Å². The quantitative estimate of drug-likeness (QED) is 0.544. The molecule has 0 saturated carbocycles. The van der Waals surface area contributed by atoms with Gasteiger partial charge in [-0.1, -0.05) is 0 Å². The first-order valence-electron chi connectivity index (χ1n) is 3.83. The molecule has 0 amide bonds. The van der Waals surface area contributed by atoms with E-state index >= 15 is 0 Å². The van der Waals surface area contributed by atoms with E-state index in [9.17, 15) is 5.11 Å². The number of hydrogen-bond donors (Lipinski definition) is 2. The smallest absolute Gasteiger partial charge is 0.181 e. The van der Waals surface area contributed by atoms with E-state index in [1.54, 1.807) is 19.2 Å². The summed E-state index contributed by atoms with van der Waals surface area (Å²) in [5.74, 6) is 0.342. The lowest BCUT2D eigenvalue weighted by Crippen LogP contribution is -1.95. The number of methoxy groups -OCH3 is 2.